The van der Waals surface area contributed by atoms with Crippen LogP contribution in [0.2, 0.25) is 0 Å². The molecule has 0 aromatic heterocycles. The molecule has 4 heteroatoms. The summed E-state index contributed by atoms with van der Waals surface area (Å²) in [5, 5.41) is 18.7. The summed E-state index contributed by atoms with van der Waals surface area (Å²) < 4.78 is 5.16. The fourth-order valence-corrected chi connectivity index (χ4v) is 3.29. The SMILES string of the molecule is CCCCCCCCCCCCCCCCC(=O)OCCC(C)(O)CCO. The van der Waals surface area contributed by atoms with Crippen molar-refractivity contribution >= 4 is 5.97 Å². The van der Waals surface area contributed by atoms with E-state index >= 15 is 0 Å². The Bertz CT molecular complexity index is 328. The molecule has 0 spiro atoms. The molecule has 0 radical (unpaired) electrons. The molecule has 27 heavy (non-hydrogen) atoms. The van der Waals surface area contributed by atoms with E-state index < -0.39 is 5.60 Å². The third kappa shape index (κ3) is 19.9. The molecule has 162 valence electrons. The molecule has 0 heterocycles. The minimum absolute atomic E-state index is 0.0556. The monoisotopic (exact) mass is 386 g/mol. The molecule has 4 nitrogen and oxygen atoms in total. The Morgan fingerprint density at radius 3 is 1.67 bits per heavy atom. The molecule has 0 fully saturated rings. The number of carbonyl (C=O) groups excluding carboxylic acids is 1. The Morgan fingerprint density at radius 2 is 1.22 bits per heavy atom. The van der Waals surface area contributed by atoms with Crippen LogP contribution in [0.4, 0.5) is 0 Å². The van der Waals surface area contributed by atoms with Crippen LogP contribution in [-0.4, -0.2) is 35.0 Å². The van der Waals surface area contributed by atoms with E-state index in [9.17, 15) is 9.90 Å². The Morgan fingerprint density at radius 1 is 0.778 bits per heavy atom. The second-order valence-electron chi connectivity index (χ2n) is 8.29. The van der Waals surface area contributed by atoms with E-state index in [0.717, 1.165) is 12.8 Å². The summed E-state index contributed by atoms with van der Waals surface area (Å²) in [5.74, 6) is -0.172. The molecule has 0 aromatic rings. The van der Waals surface area contributed by atoms with Gasteiger partial charge in [0.15, 0.2) is 0 Å². The van der Waals surface area contributed by atoms with Crippen molar-refractivity contribution in [2.24, 2.45) is 0 Å². The molecule has 0 amide bonds. The second-order valence-corrected chi connectivity index (χ2v) is 8.29. The minimum atomic E-state index is -0.954. The van der Waals surface area contributed by atoms with Crippen molar-refractivity contribution in [1.29, 1.82) is 0 Å². The number of unbranched alkanes of at least 4 members (excludes halogenated alkanes) is 13. The molecule has 0 aromatic carbocycles. The van der Waals surface area contributed by atoms with Crippen LogP contribution in [0.1, 0.15) is 123 Å². The van der Waals surface area contributed by atoms with Crippen molar-refractivity contribution in [3.8, 4) is 0 Å². The highest BCUT2D eigenvalue weighted by Gasteiger charge is 2.19. The molecule has 0 aliphatic heterocycles. The van der Waals surface area contributed by atoms with Gasteiger partial charge in [-0.25, -0.2) is 0 Å². The molecule has 2 N–H and O–H groups in total. The van der Waals surface area contributed by atoms with Gasteiger partial charge in [0.1, 0.15) is 0 Å². The van der Waals surface area contributed by atoms with Crippen LogP contribution in [-0.2, 0) is 9.53 Å². The Hall–Kier alpha value is -0.610. The number of rotatable bonds is 20. The van der Waals surface area contributed by atoms with Gasteiger partial charge in [0.2, 0.25) is 0 Å². The summed E-state index contributed by atoms with van der Waals surface area (Å²) in [5.41, 5.74) is -0.954. The average molecular weight is 387 g/mol. The summed E-state index contributed by atoms with van der Waals surface area (Å²) in [7, 11) is 0. The van der Waals surface area contributed by atoms with Gasteiger partial charge in [-0.3, -0.25) is 4.79 Å². The van der Waals surface area contributed by atoms with E-state index in [1.165, 1.54) is 77.0 Å². The summed E-state index contributed by atoms with van der Waals surface area (Å²) >= 11 is 0. The lowest BCUT2D eigenvalue weighted by atomic mass is 9.99. The lowest BCUT2D eigenvalue weighted by Gasteiger charge is -2.21. The smallest absolute Gasteiger partial charge is 0.305 e. The molecule has 0 aliphatic rings. The molecular weight excluding hydrogens is 340 g/mol. The van der Waals surface area contributed by atoms with Crippen LogP contribution >= 0.6 is 0 Å². The molecule has 0 saturated heterocycles. The third-order valence-electron chi connectivity index (χ3n) is 5.29. The standard InChI is InChI=1S/C23H46O4/c1-3-4-5-6-7-8-9-10-11-12-13-14-15-16-17-22(25)27-21-19-23(2,26)18-20-24/h24,26H,3-21H2,1-2H3. The maximum Gasteiger partial charge on any atom is 0.305 e. The van der Waals surface area contributed by atoms with E-state index in [2.05, 4.69) is 6.92 Å². The molecular formula is C23H46O4. The van der Waals surface area contributed by atoms with Crippen molar-refractivity contribution in [2.75, 3.05) is 13.2 Å². The summed E-state index contributed by atoms with van der Waals surface area (Å²) in [6, 6.07) is 0. The van der Waals surface area contributed by atoms with E-state index in [0.29, 0.717) is 19.3 Å². The number of esters is 1. The van der Waals surface area contributed by atoms with E-state index in [-0.39, 0.29) is 19.2 Å². The zero-order chi connectivity index (χ0) is 20.2. The topological polar surface area (TPSA) is 66.8 Å². The molecule has 0 saturated carbocycles. The van der Waals surface area contributed by atoms with Crippen LogP contribution in [0, 0.1) is 0 Å². The summed E-state index contributed by atoms with van der Waals surface area (Å²) in [4.78, 5) is 11.7. The lowest BCUT2D eigenvalue weighted by molar-refractivity contribution is -0.145. The third-order valence-corrected chi connectivity index (χ3v) is 5.29. The highest BCUT2D eigenvalue weighted by Crippen LogP contribution is 2.15. The Balaban J connectivity index is 3.27. The van der Waals surface area contributed by atoms with Crippen molar-refractivity contribution in [3.05, 3.63) is 0 Å². The van der Waals surface area contributed by atoms with E-state index in [1.54, 1.807) is 6.92 Å². The van der Waals surface area contributed by atoms with E-state index in [1.807, 2.05) is 0 Å². The summed E-state index contributed by atoms with van der Waals surface area (Å²) in [6.45, 7) is 4.09. The predicted octanol–water partition coefficient (Wildman–Crippen LogP) is 5.92. The maximum atomic E-state index is 11.7. The van der Waals surface area contributed by atoms with Crippen LogP contribution in [0.15, 0.2) is 0 Å². The highest BCUT2D eigenvalue weighted by atomic mass is 16.5. The first-order valence-electron chi connectivity index (χ1n) is 11.5. The van der Waals surface area contributed by atoms with Gasteiger partial charge in [-0.2, -0.15) is 0 Å². The fraction of sp³-hybridized carbons (Fsp3) is 0.957. The molecule has 1 atom stereocenters. The average Bonchev–Trinajstić information content (AvgIpc) is 2.61. The van der Waals surface area contributed by atoms with Gasteiger partial charge in [-0.15, -0.1) is 0 Å². The van der Waals surface area contributed by atoms with Crippen molar-refractivity contribution in [3.63, 3.8) is 0 Å². The molecule has 0 aliphatic carbocycles. The van der Waals surface area contributed by atoms with Gasteiger partial charge in [-0.05, 0) is 19.8 Å². The van der Waals surface area contributed by atoms with Gasteiger partial charge >= 0.3 is 5.97 Å². The van der Waals surface area contributed by atoms with Gasteiger partial charge in [0.05, 0.1) is 12.2 Å². The van der Waals surface area contributed by atoms with Crippen molar-refractivity contribution in [1.82, 2.24) is 0 Å². The number of aliphatic hydroxyl groups excluding tert-OH is 1. The van der Waals surface area contributed by atoms with Crippen molar-refractivity contribution < 1.29 is 19.7 Å². The number of hydrogen-bond acceptors (Lipinski definition) is 4. The van der Waals surface area contributed by atoms with Gasteiger partial charge in [0, 0.05) is 19.4 Å². The van der Waals surface area contributed by atoms with Crippen LogP contribution in [0.25, 0.3) is 0 Å². The largest absolute Gasteiger partial charge is 0.466 e. The molecule has 0 rings (SSSR count). The van der Waals surface area contributed by atoms with E-state index in [4.69, 9.17) is 9.84 Å². The quantitative estimate of drug-likeness (QED) is 0.201. The van der Waals surface area contributed by atoms with Crippen LogP contribution < -0.4 is 0 Å². The second kappa shape index (κ2) is 18.7. The number of aliphatic hydroxyl groups is 2. The minimum Gasteiger partial charge on any atom is -0.466 e. The van der Waals surface area contributed by atoms with Crippen LogP contribution in [0.3, 0.4) is 0 Å². The van der Waals surface area contributed by atoms with Gasteiger partial charge in [-0.1, -0.05) is 90.4 Å². The van der Waals surface area contributed by atoms with Gasteiger partial charge in [0.25, 0.3) is 0 Å². The van der Waals surface area contributed by atoms with Gasteiger partial charge < -0.3 is 14.9 Å². The first-order valence-corrected chi connectivity index (χ1v) is 11.5. The Kier molecular flexibility index (Phi) is 18.3. The summed E-state index contributed by atoms with van der Waals surface area (Å²) in [6.07, 6.45) is 19.4. The zero-order valence-corrected chi connectivity index (χ0v) is 18.1. The number of hydrogen-bond donors (Lipinski definition) is 2. The molecule has 0 bridgehead atoms. The normalized spacial score (nSPS) is 13.5. The zero-order valence-electron chi connectivity index (χ0n) is 18.1. The fourth-order valence-electron chi connectivity index (χ4n) is 3.29. The Labute approximate surface area is 168 Å². The molecule has 1 unspecified atom stereocenters. The number of ether oxygens (including phenoxy) is 1. The maximum absolute atomic E-state index is 11.7. The number of carbonyl (C=O) groups is 1. The van der Waals surface area contributed by atoms with Crippen molar-refractivity contribution in [2.45, 2.75) is 129 Å². The predicted molar refractivity (Wildman–Crippen MR) is 113 cm³/mol. The first-order chi connectivity index (χ1) is 13.0. The lowest BCUT2D eigenvalue weighted by Crippen LogP contribution is -2.27. The first kappa shape index (κ1) is 26.4. The highest BCUT2D eigenvalue weighted by molar-refractivity contribution is 5.69. The van der Waals surface area contributed by atoms with Crippen LogP contribution in [0.5, 0.6) is 0 Å².